The SMILES string of the molecule is CC(O)CNC(=O)c1ccc2nc(Cc3cccc(Cl)c3)oc2c1. The quantitative estimate of drug-likeness (QED) is 0.745. The Morgan fingerprint density at radius 1 is 1.33 bits per heavy atom. The first-order valence-electron chi connectivity index (χ1n) is 7.61. The second-order valence-electron chi connectivity index (χ2n) is 5.66. The van der Waals surface area contributed by atoms with Crippen LogP contribution in [0.25, 0.3) is 11.1 Å². The van der Waals surface area contributed by atoms with Crippen LogP contribution in [-0.4, -0.2) is 28.6 Å². The van der Waals surface area contributed by atoms with Gasteiger partial charge in [-0.3, -0.25) is 4.79 Å². The summed E-state index contributed by atoms with van der Waals surface area (Å²) in [6.07, 6.45) is -0.0639. The Kier molecular flexibility index (Phi) is 4.83. The van der Waals surface area contributed by atoms with Crippen LogP contribution < -0.4 is 5.32 Å². The van der Waals surface area contributed by atoms with Crippen molar-refractivity contribution >= 4 is 28.6 Å². The molecule has 0 saturated heterocycles. The van der Waals surface area contributed by atoms with Crippen molar-refractivity contribution in [3.05, 3.63) is 64.5 Å². The number of carbonyl (C=O) groups is 1. The van der Waals surface area contributed by atoms with Gasteiger partial charge in [0.15, 0.2) is 11.5 Å². The summed E-state index contributed by atoms with van der Waals surface area (Å²) >= 11 is 5.98. The molecule has 1 amide bonds. The molecule has 3 aromatic rings. The Labute approximate surface area is 144 Å². The van der Waals surface area contributed by atoms with E-state index >= 15 is 0 Å². The molecule has 5 nitrogen and oxygen atoms in total. The number of halogens is 1. The van der Waals surface area contributed by atoms with E-state index in [1.807, 2.05) is 24.3 Å². The molecule has 0 spiro atoms. The first-order chi connectivity index (χ1) is 11.5. The fraction of sp³-hybridized carbons (Fsp3) is 0.222. The van der Waals surface area contributed by atoms with Crippen molar-refractivity contribution in [2.75, 3.05) is 6.54 Å². The number of aliphatic hydroxyl groups is 1. The molecule has 124 valence electrons. The van der Waals surface area contributed by atoms with E-state index in [1.165, 1.54) is 0 Å². The second-order valence-corrected chi connectivity index (χ2v) is 6.09. The van der Waals surface area contributed by atoms with Gasteiger partial charge in [-0.15, -0.1) is 0 Å². The highest BCUT2D eigenvalue weighted by Gasteiger charge is 2.11. The summed E-state index contributed by atoms with van der Waals surface area (Å²) in [5.41, 5.74) is 2.72. The highest BCUT2D eigenvalue weighted by Crippen LogP contribution is 2.20. The second kappa shape index (κ2) is 7.03. The summed E-state index contributed by atoms with van der Waals surface area (Å²) in [6.45, 7) is 1.81. The van der Waals surface area contributed by atoms with Crippen LogP contribution in [-0.2, 0) is 6.42 Å². The topological polar surface area (TPSA) is 75.4 Å². The summed E-state index contributed by atoms with van der Waals surface area (Å²) < 4.78 is 5.74. The minimum Gasteiger partial charge on any atom is -0.440 e. The molecule has 24 heavy (non-hydrogen) atoms. The molecule has 2 N–H and O–H groups in total. The van der Waals surface area contributed by atoms with Gasteiger partial charge in [0, 0.05) is 23.6 Å². The molecule has 0 radical (unpaired) electrons. The molecular weight excluding hydrogens is 328 g/mol. The maximum absolute atomic E-state index is 12.0. The lowest BCUT2D eigenvalue weighted by Crippen LogP contribution is -2.30. The van der Waals surface area contributed by atoms with E-state index in [0.717, 1.165) is 5.56 Å². The van der Waals surface area contributed by atoms with E-state index in [1.54, 1.807) is 25.1 Å². The predicted octanol–water partition coefficient (Wildman–Crippen LogP) is 3.18. The van der Waals surface area contributed by atoms with Crippen LogP contribution in [0.3, 0.4) is 0 Å². The zero-order valence-electron chi connectivity index (χ0n) is 13.1. The fourth-order valence-electron chi connectivity index (χ4n) is 2.35. The largest absolute Gasteiger partial charge is 0.440 e. The van der Waals surface area contributed by atoms with Crippen molar-refractivity contribution in [3.8, 4) is 0 Å². The van der Waals surface area contributed by atoms with Crippen molar-refractivity contribution in [2.45, 2.75) is 19.4 Å². The third kappa shape index (κ3) is 3.93. The number of amides is 1. The normalized spacial score (nSPS) is 12.3. The minimum absolute atomic E-state index is 0.202. The third-order valence-electron chi connectivity index (χ3n) is 3.50. The van der Waals surface area contributed by atoms with Crippen LogP contribution in [0.5, 0.6) is 0 Å². The highest BCUT2D eigenvalue weighted by molar-refractivity contribution is 6.30. The van der Waals surface area contributed by atoms with Gasteiger partial charge in [-0.2, -0.15) is 0 Å². The first-order valence-corrected chi connectivity index (χ1v) is 7.99. The third-order valence-corrected chi connectivity index (χ3v) is 3.73. The highest BCUT2D eigenvalue weighted by atomic mass is 35.5. The molecule has 0 aliphatic heterocycles. The Hall–Kier alpha value is -2.37. The van der Waals surface area contributed by atoms with Gasteiger partial charge in [0.05, 0.1) is 6.10 Å². The minimum atomic E-state index is -0.591. The number of benzene rings is 2. The maximum Gasteiger partial charge on any atom is 0.251 e. The summed E-state index contributed by atoms with van der Waals surface area (Å²) in [7, 11) is 0. The smallest absolute Gasteiger partial charge is 0.251 e. The van der Waals surface area contributed by atoms with E-state index in [-0.39, 0.29) is 12.5 Å². The molecule has 1 unspecified atom stereocenters. The summed E-state index contributed by atoms with van der Waals surface area (Å²) in [5, 5.41) is 12.5. The summed E-state index contributed by atoms with van der Waals surface area (Å²) in [4.78, 5) is 16.5. The first kappa shape index (κ1) is 16.5. The van der Waals surface area contributed by atoms with E-state index < -0.39 is 6.10 Å². The Morgan fingerprint density at radius 3 is 2.92 bits per heavy atom. The van der Waals surface area contributed by atoms with Crippen LogP contribution in [0.15, 0.2) is 46.9 Å². The van der Waals surface area contributed by atoms with Gasteiger partial charge in [0.25, 0.3) is 5.91 Å². The van der Waals surface area contributed by atoms with Crippen LogP contribution >= 0.6 is 11.6 Å². The van der Waals surface area contributed by atoms with E-state index in [9.17, 15) is 9.90 Å². The Morgan fingerprint density at radius 2 is 2.17 bits per heavy atom. The van der Waals surface area contributed by atoms with Crippen LogP contribution in [0.4, 0.5) is 0 Å². The molecule has 6 heteroatoms. The molecule has 1 heterocycles. The predicted molar refractivity (Wildman–Crippen MR) is 92.3 cm³/mol. The summed E-state index contributed by atoms with van der Waals surface area (Å²) in [6, 6.07) is 12.6. The number of fused-ring (bicyclic) bond motifs is 1. The number of oxazole rings is 1. The standard InChI is InChI=1S/C18H17ClN2O3/c1-11(22)10-20-18(23)13-5-6-15-16(9-13)24-17(21-15)8-12-3-2-4-14(19)7-12/h2-7,9,11,22H,8,10H2,1H3,(H,20,23). The van der Waals surface area contributed by atoms with Gasteiger partial charge in [-0.1, -0.05) is 23.7 Å². The zero-order valence-corrected chi connectivity index (χ0v) is 13.9. The number of rotatable bonds is 5. The van der Waals surface area contributed by atoms with Crippen LogP contribution in [0.2, 0.25) is 5.02 Å². The molecule has 3 rings (SSSR count). The van der Waals surface area contributed by atoms with Gasteiger partial charge < -0.3 is 14.8 Å². The van der Waals surface area contributed by atoms with Crippen molar-refractivity contribution in [1.29, 1.82) is 0 Å². The number of aromatic nitrogens is 1. The number of aliphatic hydroxyl groups excluding tert-OH is 1. The monoisotopic (exact) mass is 344 g/mol. The average molecular weight is 345 g/mol. The molecule has 0 aliphatic carbocycles. The number of nitrogens with one attached hydrogen (secondary N) is 1. The Bertz CT molecular complexity index is 874. The number of hydrogen-bond acceptors (Lipinski definition) is 4. The molecule has 1 atom stereocenters. The van der Waals surface area contributed by atoms with Crippen molar-refractivity contribution in [1.82, 2.24) is 10.3 Å². The lowest BCUT2D eigenvalue weighted by molar-refractivity contribution is 0.0924. The Balaban J connectivity index is 1.80. The van der Waals surface area contributed by atoms with Crippen LogP contribution in [0.1, 0.15) is 28.7 Å². The van der Waals surface area contributed by atoms with Crippen molar-refractivity contribution in [3.63, 3.8) is 0 Å². The van der Waals surface area contributed by atoms with Gasteiger partial charge in [0.1, 0.15) is 5.52 Å². The fourth-order valence-corrected chi connectivity index (χ4v) is 2.57. The zero-order chi connectivity index (χ0) is 17.1. The van der Waals surface area contributed by atoms with E-state index in [2.05, 4.69) is 10.3 Å². The molecular formula is C18H17ClN2O3. The van der Waals surface area contributed by atoms with Gasteiger partial charge in [-0.05, 0) is 42.8 Å². The van der Waals surface area contributed by atoms with Gasteiger partial charge in [0.2, 0.25) is 0 Å². The van der Waals surface area contributed by atoms with Gasteiger partial charge in [-0.25, -0.2) is 4.98 Å². The number of nitrogens with zero attached hydrogens (tertiary/aromatic N) is 1. The molecule has 0 saturated carbocycles. The lowest BCUT2D eigenvalue weighted by atomic mass is 10.1. The van der Waals surface area contributed by atoms with E-state index in [4.69, 9.17) is 16.0 Å². The van der Waals surface area contributed by atoms with Crippen LogP contribution in [0, 0.1) is 0 Å². The van der Waals surface area contributed by atoms with Crippen molar-refractivity contribution in [2.24, 2.45) is 0 Å². The molecule has 0 bridgehead atoms. The van der Waals surface area contributed by atoms with Gasteiger partial charge >= 0.3 is 0 Å². The number of carbonyl (C=O) groups excluding carboxylic acids is 1. The number of hydrogen-bond donors (Lipinski definition) is 2. The van der Waals surface area contributed by atoms with Crippen molar-refractivity contribution < 1.29 is 14.3 Å². The van der Waals surface area contributed by atoms with E-state index in [0.29, 0.717) is 34.0 Å². The molecule has 1 aromatic heterocycles. The molecule has 0 fully saturated rings. The maximum atomic E-state index is 12.0. The molecule has 2 aromatic carbocycles. The summed E-state index contributed by atoms with van der Waals surface area (Å²) in [5.74, 6) is 0.305. The average Bonchev–Trinajstić information content (AvgIpc) is 2.93. The lowest BCUT2D eigenvalue weighted by Gasteiger charge is -2.06. The molecule has 0 aliphatic rings.